The third-order valence-electron chi connectivity index (χ3n) is 3.79. The van der Waals surface area contributed by atoms with Crippen molar-refractivity contribution < 1.29 is 17.5 Å². The van der Waals surface area contributed by atoms with Crippen LogP contribution < -0.4 is 4.74 Å². The highest BCUT2D eigenvalue weighted by atomic mass is 32.2. The molecular weight excluding hydrogens is 335 g/mol. The van der Waals surface area contributed by atoms with E-state index in [9.17, 15) is 12.8 Å². The van der Waals surface area contributed by atoms with Crippen LogP contribution in [0.1, 0.15) is 16.8 Å². The second-order valence-electron chi connectivity index (χ2n) is 5.69. The summed E-state index contributed by atoms with van der Waals surface area (Å²) in [7, 11) is -2.03. The number of fused-ring (bicyclic) bond motifs is 1. The fourth-order valence-electron chi connectivity index (χ4n) is 2.63. The third kappa shape index (κ3) is 3.51. The highest BCUT2D eigenvalue weighted by molar-refractivity contribution is 7.90. The number of sulfone groups is 1. The normalized spacial score (nSPS) is 15.1. The average molecular weight is 352 g/mol. The molecule has 0 saturated carbocycles. The molecule has 0 spiro atoms. The smallest absolute Gasteiger partial charge is 0.250 e. The maximum Gasteiger partial charge on any atom is 0.250 e. The van der Waals surface area contributed by atoms with Gasteiger partial charge in [0.1, 0.15) is 0 Å². The molecule has 1 aliphatic heterocycles. The molecule has 0 atom stereocenters. The Kier molecular flexibility index (Phi) is 4.46. The molecule has 0 unspecified atom stereocenters. The van der Waals surface area contributed by atoms with E-state index in [-0.39, 0.29) is 11.0 Å². The van der Waals surface area contributed by atoms with E-state index in [1.165, 1.54) is 13.2 Å². The molecule has 3 heterocycles. The quantitative estimate of drug-likeness (QED) is 0.758. The van der Waals surface area contributed by atoms with Crippen LogP contribution in [0.15, 0.2) is 23.6 Å². The Morgan fingerprint density at radius 3 is 2.79 bits per heavy atom. The van der Waals surface area contributed by atoms with E-state index in [1.807, 2.05) is 0 Å². The minimum Gasteiger partial charge on any atom is -0.479 e. The van der Waals surface area contributed by atoms with Gasteiger partial charge in [-0.3, -0.25) is 4.90 Å². The van der Waals surface area contributed by atoms with Crippen LogP contribution in [0.2, 0.25) is 0 Å². The average Bonchev–Trinajstić information content (AvgIpc) is 2.53. The summed E-state index contributed by atoms with van der Waals surface area (Å²) in [6.45, 7) is 1.80. The highest BCUT2D eigenvalue weighted by Crippen LogP contribution is 2.21. The lowest BCUT2D eigenvalue weighted by atomic mass is 10.1. The number of aromatic nitrogens is 3. The van der Waals surface area contributed by atoms with Gasteiger partial charge in [0, 0.05) is 50.3 Å². The molecule has 1 aliphatic rings. The van der Waals surface area contributed by atoms with Gasteiger partial charge in [-0.25, -0.2) is 27.8 Å². The summed E-state index contributed by atoms with van der Waals surface area (Å²) >= 11 is 0. The van der Waals surface area contributed by atoms with Gasteiger partial charge in [-0.2, -0.15) is 0 Å². The van der Waals surface area contributed by atoms with E-state index < -0.39 is 15.7 Å². The van der Waals surface area contributed by atoms with Crippen LogP contribution in [0, 0.1) is 5.82 Å². The number of methoxy groups -OCH3 is 1. The second-order valence-corrected chi connectivity index (χ2v) is 7.60. The fourth-order valence-corrected chi connectivity index (χ4v) is 3.15. The molecule has 7 nitrogen and oxygen atoms in total. The van der Waals surface area contributed by atoms with Crippen LogP contribution in [-0.4, -0.2) is 48.2 Å². The SMILES string of the molecule is COc1ncc(CN2CCc3nc(S(C)(=O)=O)ncc3C2)cc1F. The number of hydrogen-bond acceptors (Lipinski definition) is 7. The molecule has 0 N–H and O–H groups in total. The van der Waals surface area contributed by atoms with Crippen LogP contribution in [0.3, 0.4) is 0 Å². The lowest BCUT2D eigenvalue weighted by Gasteiger charge is -2.27. The summed E-state index contributed by atoms with van der Waals surface area (Å²) in [4.78, 5) is 14.1. The van der Waals surface area contributed by atoms with Gasteiger partial charge in [0.25, 0.3) is 0 Å². The zero-order chi connectivity index (χ0) is 17.3. The summed E-state index contributed by atoms with van der Waals surface area (Å²) in [6, 6.07) is 1.41. The van der Waals surface area contributed by atoms with Gasteiger partial charge in [0.05, 0.1) is 12.8 Å². The molecule has 9 heteroatoms. The number of rotatable bonds is 4. The molecule has 2 aromatic rings. The maximum absolute atomic E-state index is 13.7. The largest absolute Gasteiger partial charge is 0.479 e. The van der Waals surface area contributed by atoms with Crippen LogP contribution in [0.25, 0.3) is 0 Å². The topological polar surface area (TPSA) is 85.3 Å². The van der Waals surface area contributed by atoms with Crippen molar-refractivity contribution in [3.8, 4) is 5.88 Å². The molecule has 0 saturated heterocycles. The predicted molar refractivity (Wildman–Crippen MR) is 83.7 cm³/mol. The first-order valence-electron chi connectivity index (χ1n) is 7.32. The Morgan fingerprint density at radius 1 is 1.33 bits per heavy atom. The number of hydrogen-bond donors (Lipinski definition) is 0. The Labute approximate surface area is 139 Å². The molecule has 3 rings (SSSR count). The molecule has 128 valence electrons. The number of nitrogens with zero attached hydrogens (tertiary/aromatic N) is 4. The highest BCUT2D eigenvalue weighted by Gasteiger charge is 2.21. The molecule has 24 heavy (non-hydrogen) atoms. The Balaban J connectivity index is 1.75. The van der Waals surface area contributed by atoms with E-state index in [0.29, 0.717) is 26.1 Å². The first-order valence-corrected chi connectivity index (χ1v) is 9.21. The molecule has 0 aromatic carbocycles. The maximum atomic E-state index is 13.7. The standard InChI is InChI=1S/C15H17FN4O3S/c1-23-14-12(16)5-10(6-17-14)8-20-4-3-13-11(9-20)7-18-15(19-13)24(2,21)22/h5-7H,3-4,8-9H2,1-2H3. The third-order valence-corrected chi connectivity index (χ3v) is 4.65. The Hall–Kier alpha value is -2.13. The molecule has 0 bridgehead atoms. The van der Waals surface area contributed by atoms with E-state index in [1.54, 1.807) is 12.4 Å². The zero-order valence-corrected chi connectivity index (χ0v) is 14.2. The van der Waals surface area contributed by atoms with Gasteiger partial charge in [-0.1, -0.05) is 0 Å². The van der Waals surface area contributed by atoms with Crippen molar-refractivity contribution >= 4 is 9.84 Å². The summed E-state index contributed by atoms with van der Waals surface area (Å²) in [5, 5.41) is -0.142. The van der Waals surface area contributed by atoms with Crippen molar-refractivity contribution in [1.82, 2.24) is 19.9 Å². The Morgan fingerprint density at radius 2 is 2.12 bits per heavy atom. The van der Waals surface area contributed by atoms with Gasteiger partial charge in [-0.15, -0.1) is 0 Å². The van der Waals surface area contributed by atoms with Gasteiger partial charge in [0.2, 0.25) is 20.9 Å². The van der Waals surface area contributed by atoms with Crippen LogP contribution >= 0.6 is 0 Å². The fraction of sp³-hybridized carbons (Fsp3) is 0.400. The van der Waals surface area contributed by atoms with Crippen molar-refractivity contribution in [2.45, 2.75) is 24.7 Å². The second kappa shape index (κ2) is 6.40. The van der Waals surface area contributed by atoms with Crippen molar-refractivity contribution in [2.24, 2.45) is 0 Å². The van der Waals surface area contributed by atoms with Crippen molar-refractivity contribution in [3.63, 3.8) is 0 Å². The lowest BCUT2D eigenvalue weighted by Crippen LogP contribution is -2.31. The minimum atomic E-state index is -3.41. The van der Waals surface area contributed by atoms with Gasteiger partial charge in [-0.05, 0) is 11.6 Å². The van der Waals surface area contributed by atoms with Gasteiger partial charge >= 0.3 is 0 Å². The lowest BCUT2D eigenvalue weighted by molar-refractivity contribution is 0.241. The summed E-state index contributed by atoms with van der Waals surface area (Å²) in [5.41, 5.74) is 2.38. The van der Waals surface area contributed by atoms with Gasteiger partial charge < -0.3 is 4.74 Å². The molecular formula is C15H17FN4O3S. The molecule has 0 radical (unpaired) electrons. The van der Waals surface area contributed by atoms with Crippen molar-refractivity contribution in [2.75, 3.05) is 19.9 Å². The Bertz CT molecular complexity index is 873. The van der Waals surface area contributed by atoms with Crippen LogP contribution in [-0.2, 0) is 29.3 Å². The number of ether oxygens (including phenoxy) is 1. The first kappa shape index (κ1) is 16.7. The first-order chi connectivity index (χ1) is 11.4. The van der Waals surface area contributed by atoms with E-state index in [0.717, 1.165) is 23.1 Å². The molecule has 0 fully saturated rings. The zero-order valence-electron chi connectivity index (χ0n) is 13.4. The summed E-state index contributed by atoms with van der Waals surface area (Å²) in [6.07, 6.45) is 4.85. The van der Waals surface area contributed by atoms with Crippen LogP contribution in [0.5, 0.6) is 5.88 Å². The van der Waals surface area contributed by atoms with E-state index in [4.69, 9.17) is 4.74 Å². The van der Waals surface area contributed by atoms with Crippen molar-refractivity contribution in [3.05, 3.63) is 41.1 Å². The molecule has 2 aromatic heterocycles. The molecule has 0 amide bonds. The molecule has 0 aliphatic carbocycles. The summed E-state index contributed by atoms with van der Waals surface area (Å²) < 4.78 is 41.6. The summed E-state index contributed by atoms with van der Waals surface area (Å²) in [5.74, 6) is -0.516. The predicted octanol–water partition coefficient (Wildman–Crippen LogP) is 0.981. The van der Waals surface area contributed by atoms with Crippen LogP contribution in [0.4, 0.5) is 4.39 Å². The van der Waals surface area contributed by atoms with E-state index >= 15 is 0 Å². The number of pyridine rings is 1. The number of halogens is 1. The monoisotopic (exact) mass is 352 g/mol. The minimum absolute atomic E-state index is 0.0237. The van der Waals surface area contributed by atoms with Gasteiger partial charge in [0.15, 0.2) is 5.82 Å². The van der Waals surface area contributed by atoms with Crippen molar-refractivity contribution in [1.29, 1.82) is 0 Å². The van der Waals surface area contributed by atoms with E-state index in [2.05, 4.69) is 19.9 Å².